The number of carboxylic acid groups (broad SMARTS) is 3. The zero-order valence-electron chi connectivity index (χ0n) is 25.5. The number of hydrogen-bond donors (Lipinski definition) is 10. The van der Waals surface area contributed by atoms with E-state index in [4.69, 9.17) is 15.9 Å². The Labute approximate surface area is 272 Å². The topological polar surface area (TPSA) is 290 Å². The second-order valence-corrected chi connectivity index (χ2v) is 10.9. The van der Waals surface area contributed by atoms with E-state index in [1.165, 1.54) is 24.3 Å². The molecule has 0 spiro atoms. The standard InChI is InChI=1S/C31H36N6O11/c32-20(13-26(41)42)28(45)36-24(12-17-14-33-21-4-2-1-3-19(17)21)31(48)35-22(9-10-25(39)40)30(47)37-23(29(46)34-15-27(43)44)11-16-5-7-18(38)8-6-16/h1-8,14,20,22-24,33,38H,9-13,15,32H2,(H,34,46)(H,35,48)(H,36,45)(H,37,47)(H,39,40)(H,41,42)(H,43,44)/t20-,22-,23-,24-/m0/s1. The zero-order valence-corrected chi connectivity index (χ0v) is 25.5. The number of carbonyl (C=O) groups is 7. The number of fused-ring (bicyclic) bond motifs is 1. The van der Waals surface area contributed by atoms with Crippen LogP contribution >= 0.6 is 0 Å². The molecule has 0 fully saturated rings. The number of carboxylic acids is 3. The van der Waals surface area contributed by atoms with Crippen LogP contribution in [0.5, 0.6) is 5.75 Å². The Kier molecular flexibility index (Phi) is 13.0. The summed E-state index contributed by atoms with van der Waals surface area (Å²) in [5.74, 6) is -7.85. The van der Waals surface area contributed by atoms with Crippen LogP contribution in [0.15, 0.2) is 54.7 Å². The van der Waals surface area contributed by atoms with E-state index < -0.39 is 91.5 Å². The first-order valence-electron chi connectivity index (χ1n) is 14.7. The quantitative estimate of drug-likeness (QED) is 0.0779. The normalized spacial score (nSPS) is 13.4. The van der Waals surface area contributed by atoms with Gasteiger partial charge in [0.25, 0.3) is 0 Å². The number of aromatic nitrogens is 1. The number of nitrogens with one attached hydrogen (secondary N) is 5. The molecule has 3 aromatic rings. The average Bonchev–Trinajstić information content (AvgIpc) is 3.44. The van der Waals surface area contributed by atoms with Crippen LogP contribution in [0.2, 0.25) is 0 Å². The van der Waals surface area contributed by atoms with E-state index in [9.17, 15) is 43.8 Å². The van der Waals surface area contributed by atoms with Crippen LogP contribution in [0.1, 0.15) is 30.4 Å². The third kappa shape index (κ3) is 11.1. The van der Waals surface area contributed by atoms with Crippen molar-refractivity contribution in [2.75, 3.05) is 6.54 Å². The van der Waals surface area contributed by atoms with Gasteiger partial charge in [0.05, 0.1) is 12.5 Å². The van der Waals surface area contributed by atoms with E-state index >= 15 is 0 Å². The molecule has 0 bridgehead atoms. The molecule has 0 unspecified atom stereocenters. The number of amides is 4. The van der Waals surface area contributed by atoms with Gasteiger partial charge in [-0.25, -0.2) is 0 Å². The van der Waals surface area contributed by atoms with Gasteiger partial charge in [0.15, 0.2) is 0 Å². The smallest absolute Gasteiger partial charge is 0.322 e. The SMILES string of the molecule is N[C@@H](CC(=O)O)C(=O)N[C@@H](Cc1c[nH]c2ccccc12)C(=O)N[C@@H](CCC(=O)O)C(=O)N[C@@H](Cc1ccc(O)cc1)C(=O)NCC(=O)O. The third-order valence-corrected chi connectivity index (χ3v) is 7.17. The lowest BCUT2D eigenvalue weighted by atomic mass is 10.0. The Bertz CT molecular complexity index is 1660. The highest BCUT2D eigenvalue weighted by Gasteiger charge is 2.32. The van der Waals surface area contributed by atoms with Crippen LogP contribution in [0.3, 0.4) is 0 Å². The molecule has 1 heterocycles. The summed E-state index contributed by atoms with van der Waals surface area (Å²) in [5, 5.41) is 47.1. The third-order valence-electron chi connectivity index (χ3n) is 7.17. The molecule has 48 heavy (non-hydrogen) atoms. The van der Waals surface area contributed by atoms with E-state index in [1.807, 2.05) is 0 Å². The number of aromatic amines is 1. The lowest BCUT2D eigenvalue weighted by molar-refractivity contribution is -0.140. The Morgan fingerprint density at radius 2 is 1.31 bits per heavy atom. The number of aliphatic carboxylic acids is 3. The van der Waals surface area contributed by atoms with E-state index in [0.717, 1.165) is 5.52 Å². The van der Waals surface area contributed by atoms with Gasteiger partial charge in [-0.1, -0.05) is 30.3 Å². The van der Waals surface area contributed by atoms with Gasteiger partial charge in [-0.3, -0.25) is 33.6 Å². The summed E-state index contributed by atoms with van der Waals surface area (Å²) in [6.45, 7) is -0.765. The molecule has 2 aromatic carbocycles. The van der Waals surface area contributed by atoms with Crippen LogP contribution in [-0.2, 0) is 46.4 Å². The Morgan fingerprint density at radius 1 is 0.708 bits per heavy atom. The number of H-pyrrole nitrogens is 1. The Morgan fingerprint density at radius 3 is 1.96 bits per heavy atom. The first kappa shape index (κ1) is 36.5. The fourth-order valence-electron chi connectivity index (χ4n) is 4.73. The largest absolute Gasteiger partial charge is 0.508 e. The minimum absolute atomic E-state index is 0.0655. The van der Waals surface area contributed by atoms with Crippen molar-refractivity contribution in [1.29, 1.82) is 0 Å². The maximum atomic E-state index is 13.7. The number of para-hydroxylation sites is 1. The molecule has 256 valence electrons. The van der Waals surface area contributed by atoms with Crippen LogP contribution in [0, 0.1) is 0 Å². The molecule has 0 aliphatic rings. The summed E-state index contributed by atoms with van der Waals surface area (Å²) in [6, 6.07) is 6.81. The van der Waals surface area contributed by atoms with Gasteiger partial charge in [-0.05, 0) is 35.7 Å². The summed E-state index contributed by atoms with van der Waals surface area (Å²) < 4.78 is 0. The van der Waals surface area contributed by atoms with Crippen molar-refractivity contribution in [2.24, 2.45) is 5.73 Å². The van der Waals surface area contributed by atoms with Gasteiger partial charge in [0, 0.05) is 36.4 Å². The number of phenols is 1. The van der Waals surface area contributed by atoms with Crippen molar-refractivity contribution in [3.8, 4) is 5.75 Å². The minimum Gasteiger partial charge on any atom is -0.508 e. The Hall–Kier alpha value is -5.97. The first-order valence-corrected chi connectivity index (χ1v) is 14.7. The number of aromatic hydroxyl groups is 1. The molecule has 17 heteroatoms. The number of benzene rings is 2. The van der Waals surface area contributed by atoms with Gasteiger partial charge in [0.1, 0.15) is 30.4 Å². The van der Waals surface area contributed by atoms with E-state index in [0.29, 0.717) is 16.5 Å². The van der Waals surface area contributed by atoms with Crippen LogP contribution < -0.4 is 27.0 Å². The fraction of sp³-hybridized carbons (Fsp3) is 0.323. The molecule has 1 aromatic heterocycles. The van der Waals surface area contributed by atoms with Gasteiger partial charge in [0.2, 0.25) is 23.6 Å². The van der Waals surface area contributed by atoms with Crippen LogP contribution in [0.4, 0.5) is 0 Å². The van der Waals surface area contributed by atoms with Gasteiger partial charge in [-0.2, -0.15) is 0 Å². The molecule has 0 saturated carbocycles. The predicted molar refractivity (Wildman–Crippen MR) is 167 cm³/mol. The number of hydrogen-bond acceptors (Lipinski definition) is 9. The molecule has 0 aliphatic carbocycles. The number of nitrogens with two attached hydrogens (primary N) is 1. The van der Waals surface area contributed by atoms with Crippen molar-refractivity contribution < 1.29 is 54.0 Å². The number of phenolic OH excluding ortho intramolecular Hbond substituents is 1. The molecule has 3 rings (SSSR count). The maximum absolute atomic E-state index is 13.7. The molecular formula is C31H36N6O11. The van der Waals surface area contributed by atoms with Crippen molar-refractivity contribution in [3.63, 3.8) is 0 Å². The predicted octanol–water partition coefficient (Wildman–Crippen LogP) is -1.02. The summed E-state index contributed by atoms with van der Waals surface area (Å²) in [7, 11) is 0. The second-order valence-electron chi connectivity index (χ2n) is 10.9. The van der Waals surface area contributed by atoms with E-state index in [2.05, 4.69) is 26.3 Å². The minimum atomic E-state index is -1.56. The van der Waals surface area contributed by atoms with E-state index in [-0.39, 0.29) is 18.6 Å². The maximum Gasteiger partial charge on any atom is 0.322 e. The first-order chi connectivity index (χ1) is 22.7. The van der Waals surface area contributed by atoms with Crippen molar-refractivity contribution in [2.45, 2.75) is 56.3 Å². The molecule has 0 radical (unpaired) electrons. The molecule has 0 saturated heterocycles. The van der Waals surface area contributed by atoms with Gasteiger partial charge < -0.3 is 52.4 Å². The Balaban J connectivity index is 1.88. The number of rotatable bonds is 18. The van der Waals surface area contributed by atoms with Gasteiger partial charge in [-0.15, -0.1) is 0 Å². The summed E-state index contributed by atoms with van der Waals surface area (Å²) >= 11 is 0. The van der Waals surface area contributed by atoms with E-state index in [1.54, 1.807) is 30.5 Å². The zero-order chi connectivity index (χ0) is 35.4. The van der Waals surface area contributed by atoms with Crippen LogP contribution in [0.25, 0.3) is 10.9 Å². The molecule has 17 nitrogen and oxygen atoms in total. The second kappa shape index (κ2) is 17.1. The average molecular weight is 669 g/mol. The molecule has 11 N–H and O–H groups in total. The van der Waals surface area contributed by atoms with Crippen molar-refractivity contribution >= 4 is 52.4 Å². The summed E-state index contributed by atoms with van der Waals surface area (Å²) in [6.07, 6.45) is -0.472. The van der Waals surface area contributed by atoms with Crippen LogP contribution in [-0.4, -0.2) is 97.7 Å². The van der Waals surface area contributed by atoms with Crippen molar-refractivity contribution in [1.82, 2.24) is 26.3 Å². The lowest BCUT2D eigenvalue weighted by Gasteiger charge is -2.25. The molecule has 4 atom stereocenters. The number of carbonyl (C=O) groups excluding carboxylic acids is 4. The monoisotopic (exact) mass is 668 g/mol. The molecule has 4 amide bonds. The highest BCUT2D eigenvalue weighted by atomic mass is 16.4. The van der Waals surface area contributed by atoms with Crippen molar-refractivity contribution in [3.05, 3.63) is 65.9 Å². The summed E-state index contributed by atoms with van der Waals surface area (Å²) in [4.78, 5) is 89.5. The molecule has 0 aliphatic heterocycles. The van der Waals surface area contributed by atoms with Gasteiger partial charge >= 0.3 is 17.9 Å². The molecular weight excluding hydrogens is 632 g/mol. The fourth-order valence-corrected chi connectivity index (χ4v) is 4.73. The highest BCUT2D eigenvalue weighted by molar-refractivity contribution is 5.96. The highest BCUT2D eigenvalue weighted by Crippen LogP contribution is 2.19. The lowest BCUT2D eigenvalue weighted by Crippen LogP contribution is -2.58. The summed E-state index contributed by atoms with van der Waals surface area (Å²) in [5.41, 5.74) is 7.48.